The number of rotatable bonds is 9. The van der Waals surface area contributed by atoms with Gasteiger partial charge in [-0.05, 0) is 64.8 Å². The van der Waals surface area contributed by atoms with E-state index in [0.717, 1.165) is 35.4 Å². The number of fused-ring (bicyclic) bond motifs is 1. The molecule has 0 saturated heterocycles. The number of halogens is 3. The third-order valence-corrected chi connectivity index (χ3v) is 7.67. The summed E-state index contributed by atoms with van der Waals surface area (Å²) in [5, 5.41) is 0.120. The van der Waals surface area contributed by atoms with Gasteiger partial charge in [0, 0.05) is 16.7 Å². The number of ether oxygens (including phenoxy) is 3. The Morgan fingerprint density at radius 2 is 1.32 bits per heavy atom. The Labute approximate surface area is 230 Å². The fraction of sp³-hybridized carbons (Fsp3) is 0.345. The van der Waals surface area contributed by atoms with E-state index in [4.69, 9.17) is 18.6 Å². The van der Waals surface area contributed by atoms with Crippen LogP contribution in [-0.2, 0) is 22.7 Å². The lowest BCUT2D eigenvalue weighted by molar-refractivity contribution is -0.0436. The van der Waals surface area contributed by atoms with Crippen molar-refractivity contribution in [3.8, 4) is 28.6 Å². The van der Waals surface area contributed by atoms with Gasteiger partial charge in [0.15, 0.2) is 5.76 Å². The van der Waals surface area contributed by atoms with E-state index in [1.165, 1.54) is 21.3 Å². The van der Waals surface area contributed by atoms with Crippen molar-refractivity contribution in [3.05, 3.63) is 68.9 Å². The zero-order valence-corrected chi connectivity index (χ0v) is 24.1. The van der Waals surface area contributed by atoms with Gasteiger partial charge in [-0.25, -0.2) is 8.42 Å². The molecule has 3 aromatic rings. The summed E-state index contributed by atoms with van der Waals surface area (Å²) in [6, 6.07) is 3.85. The van der Waals surface area contributed by atoms with E-state index in [0.29, 0.717) is 29.7 Å². The van der Waals surface area contributed by atoms with Crippen molar-refractivity contribution in [1.82, 2.24) is 0 Å². The molecule has 1 heterocycles. The number of sulfone groups is 1. The lowest BCUT2D eigenvalue weighted by atomic mass is 9.96. The SMILES string of the molecule is COc1c(CC=C(C)C)c(OC)c2c(=O)c(OC)c(-c3ccc(S(=O)(=O)C(F)(F)F)cc3)oc2c1CC=C(C)C. The predicted molar refractivity (Wildman–Crippen MR) is 147 cm³/mol. The molecule has 7 nitrogen and oxygen atoms in total. The fourth-order valence-corrected chi connectivity index (χ4v) is 4.99. The molecule has 0 aliphatic rings. The highest BCUT2D eigenvalue weighted by molar-refractivity contribution is 7.92. The molecule has 0 fully saturated rings. The summed E-state index contributed by atoms with van der Waals surface area (Å²) < 4.78 is 86.0. The van der Waals surface area contributed by atoms with Crippen molar-refractivity contribution in [2.45, 2.75) is 50.9 Å². The van der Waals surface area contributed by atoms with E-state index in [1.54, 1.807) is 0 Å². The minimum atomic E-state index is -5.56. The summed E-state index contributed by atoms with van der Waals surface area (Å²) in [7, 11) is -1.37. The standard InChI is InChI=1S/C29H31F3O7S/c1-16(2)8-14-20-25(36-5)21(15-9-17(3)4)27-22(26(20)37-6)23(33)28(38-7)24(39-27)18-10-12-19(13-11-18)40(34,35)29(30,31)32/h8-13H,14-15H2,1-7H3. The van der Waals surface area contributed by atoms with E-state index in [2.05, 4.69) is 0 Å². The lowest BCUT2D eigenvalue weighted by Gasteiger charge is -2.20. The smallest absolute Gasteiger partial charge is 0.496 e. The Balaban J connectivity index is 2.46. The normalized spacial score (nSPS) is 11.8. The largest absolute Gasteiger partial charge is 0.501 e. The van der Waals surface area contributed by atoms with E-state index < -0.39 is 25.7 Å². The highest BCUT2D eigenvalue weighted by Gasteiger charge is 2.46. The number of hydrogen-bond donors (Lipinski definition) is 0. The number of alkyl halides is 3. The van der Waals surface area contributed by atoms with Gasteiger partial charge < -0.3 is 18.6 Å². The number of allylic oxidation sites excluding steroid dienone is 4. The zero-order valence-electron chi connectivity index (χ0n) is 23.3. The van der Waals surface area contributed by atoms with Crippen molar-refractivity contribution in [1.29, 1.82) is 0 Å². The third-order valence-electron chi connectivity index (χ3n) is 6.17. The molecule has 0 aliphatic heterocycles. The van der Waals surface area contributed by atoms with Crippen molar-refractivity contribution in [2.75, 3.05) is 21.3 Å². The quantitative estimate of drug-likeness (QED) is 0.257. The Morgan fingerprint density at radius 1 is 0.825 bits per heavy atom. The molecule has 0 aliphatic carbocycles. The molecular weight excluding hydrogens is 549 g/mol. The second kappa shape index (κ2) is 11.8. The van der Waals surface area contributed by atoms with Gasteiger partial charge in [0.25, 0.3) is 9.84 Å². The highest BCUT2D eigenvalue weighted by Crippen LogP contribution is 2.44. The molecular formula is C29H31F3O7S. The average molecular weight is 581 g/mol. The van der Waals surface area contributed by atoms with Crippen molar-refractivity contribution >= 4 is 20.8 Å². The van der Waals surface area contributed by atoms with Crippen LogP contribution < -0.4 is 19.6 Å². The van der Waals surface area contributed by atoms with E-state index in [-0.39, 0.29) is 33.8 Å². The van der Waals surface area contributed by atoms with Crippen LogP contribution in [0.4, 0.5) is 13.2 Å². The van der Waals surface area contributed by atoms with E-state index in [1.807, 2.05) is 39.8 Å². The second-order valence-electron chi connectivity index (χ2n) is 9.47. The maximum absolute atomic E-state index is 13.9. The van der Waals surface area contributed by atoms with Gasteiger partial charge in [-0.2, -0.15) is 13.2 Å². The maximum atomic E-state index is 13.9. The lowest BCUT2D eigenvalue weighted by Crippen LogP contribution is -2.23. The predicted octanol–water partition coefficient (Wildman–Crippen LogP) is 6.80. The van der Waals surface area contributed by atoms with Crippen LogP contribution in [0.1, 0.15) is 38.8 Å². The monoisotopic (exact) mass is 580 g/mol. The van der Waals surface area contributed by atoms with Crippen LogP contribution in [0.5, 0.6) is 17.2 Å². The first-order valence-electron chi connectivity index (χ1n) is 12.2. The third kappa shape index (κ3) is 5.74. The summed E-state index contributed by atoms with van der Waals surface area (Å²) in [4.78, 5) is 12.9. The molecule has 0 bridgehead atoms. The summed E-state index contributed by atoms with van der Waals surface area (Å²) >= 11 is 0. The summed E-state index contributed by atoms with van der Waals surface area (Å²) in [5.41, 5.74) is -2.48. The topological polar surface area (TPSA) is 92.0 Å². The second-order valence-corrected chi connectivity index (χ2v) is 11.4. The first-order chi connectivity index (χ1) is 18.7. The maximum Gasteiger partial charge on any atom is 0.501 e. The number of hydrogen-bond acceptors (Lipinski definition) is 7. The zero-order chi connectivity index (χ0) is 30.0. The molecule has 3 rings (SSSR count). The van der Waals surface area contributed by atoms with Gasteiger partial charge in [0.05, 0.1) is 26.2 Å². The molecule has 1 aromatic heterocycles. The molecule has 2 aromatic carbocycles. The molecule has 0 unspecified atom stereocenters. The van der Waals surface area contributed by atoms with Crippen LogP contribution in [0.25, 0.3) is 22.3 Å². The van der Waals surface area contributed by atoms with Crippen molar-refractivity contribution < 1.29 is 40.2 Å². The number of methoxy groups -OCH3 is 3. The van der Waals surface area contributed by atoms with Crippen LogP contribution in [-0.4, -0.2) is 35.3 Å². The first-order valence-corrected chi connectivity index (χ1v) is 13.7. The average Bonchev–Trinajstić information content (AvgIpc) is 2.89. The molecule has 0 atom stereocenters. The van der Waals surface area contributed by atoms with E-state index >= 15 is 0 Å². The van der Waals surface area contributed by atoms with Crippen LogP contribution in [0.2, 0.25) is 0 Å². The molecule has 0 radical (unpaired) electrons. The molecule has 40 heavy (non-hydrogen) atoms. The minimum Gasteiger partial charge on any atom is -0.496 e. The van der Waals surface area contributed by atoms with Crippen molar-refractivity contribution in [2.24, 2.45) is 0 Å². The highest BCUT2D eigenvalue weighted by atomic mass is 32.2. The summed E-state index contributed by atoms with van der Waals surface area (Å²) in [6.45, 7) is 7.73. The van der Waals surface area contributed by atoms with Crippen LogP contribution in [0.3, 0.4) is 0 Å². The summed E-state index contributed by atoms with van der Waals surface area (Å²) in [5.74, 6) is 0.403. The number of benzene rings is 2. The Kier molecular flexibility index (Phi) is 9.08. The Bertz CT molecular complexity index is 1640. The first kappa shape index (κ1) is 30.8. The van der Waals surface area contributed by atoms with Gasteiger partial charge in [-0.15, -0.1) is 0 Å². The van der Waals surface area contributed by atoms with E-state index in [9.17, 15) is 26.4 Å². The molecule has 0 spiro atoms. The molecule has 216 valence electrons. The summed E-state index contributed by atoms with van der Waals surface area (Å²) in [6.07, 6.45) is 4.66. The molecule has 0 amide bonds. The molecule has 0 saturated carbocycles. The van der Waals surface area contributed by atoms with Gasteiger partial charge in [-0.1, -0.05) is 23.3 Å². The van der Waals surface area contributed by atoms with Crippen LogP contribution in [0, 0.1) is 0 Å². The van der Waals surface area contributed by atoms with Crippen LogP contribution in [0.15, 0.2) is 61.7 Å². The van der Waals surface area contributed by atoms with Gasteiger partial charge >= 0.3 is 5.51 Å². The Hall–Kier alpha value is -3.73. The van der Waals surface area contributed by atoms with Gasteiger partial charge in [0.1, 0.15) is 22.5 Å². The van der Waals surface area contributed by atoms with Gasteiger partial charge in [0.2, 0.25) is 11.2 Å². The van der Waals surface area contributed by atoms with Crippen molar-refractivity contribution in [3.63, 3.8) is 0 Å². The Morgan fingerprint density at radius 3 is 1.77 bits per heavy atom. The van der Waals surface area contributed by atoms with Gasteiger partial charge in [-0.3, -0.25) is 4.79 Å². The fourth-order valence-electron chi connectivity index (χ4n) is 4.23. The molecule has 11 heteroatoms. The molecule has 0 N–H and O–H groups in total. The minimum absolute atomic E-state index is 0.0874. The van der Waals surface area contributed by atoms with Crippen LogP contribution >= 0.6 is 0 Å².